The molecule has 3 aromatic carbocycles. The van der Waals surface area contributed by atoms with Crippen LogP contribution in [0.2, 0.25) is 0 Å². The van der Waals surface area contributed by atoms with Gasteiger partial charge in [-0.15, -0.1) is 5.11 Å². The molecule has 0 atom stereocenters. The third-order valence-electron chi connectivity index (χ3n) is 4.10. The molecule has 0 unspecified atom stereocenters. The molecule has 1 N–H and O–H groups in total. The molecule has 0 fully saturated rings. The Hall–Kier alpha value is -3.22. The normalized spacial score (nSPS) is 12.1. The van der Waals surface area contributed by atoms with Crippen molar-refractivity contribution in [1.82, 2.24) is 0 Å². The summed E-state index contributed by atoms with van der Waals surface area (Å²) in [6.07, 6.45) is 0.0677. The second-order valence-corrected chi connectivity index (χ2v) is 10.9. The highest BCUT2D eigenvalue weighted by Crippen LogP contribution is 2.39. The van der Waals surface area contributed by atoms with Gasteiger partial charge in [-0.05, 0) is 43.3 Å². The van der Waals surface area contributed by atoms with Crippen LogP contribution in [0.3, 0.4) is 0 Å². The molecule has 0 bridgehead atoms. The Kier molecular flexibility index (Phi) is 7.20. The number of hydrogen-bond donors (Lipinski definition) is 1. The van der Waals surface area contributed by atoms with Crippen LogP contribution in [0, 0.1) is 0 Å². The first-order chi connectivity index (χ1) is 15.5. The fraction of sp³-hybridized carbons (Fsp3) is 0.150. The van der Waals surface area contributed by atoms with E-state index >= 15 is 0 Å². The zero-order valence-corrected chi connectivity index (χ0v) is 19.7. The van der Waals surface area contributed by atoms with Crippen molar-refractivity contribution >= 4 is 63.7 Å². The fourth-order valence-electron chi connectivity index (χ4n) is 2.86. The smallest absolute Gasteiger partial charge is 0.434 e. The number of nitrogens with one attached hydrogen (secondary N) is 1. The summed E-state index contributed by atoms with van der Waals surface area (Å²) in [6.45, 7) is 1.74. The van der Waals surface area contributed by atoms with Gasteiger partial charge in [0.15, 0.2) is 0 Å². The van der Waals surface area contributed by atoms with Gasteiger partial charge >= 0.3 is 6.16 Å². The molecule has 3 rings (SSSR count). The van der Waals surface area contributed by atoms with Crippen molar-refractivity contribution in [1.29, 1.82) is 0 Å². The van der Waals surface area contributed by atoms with Gasteiger partial charge in [0.1, 0.15) is 5.75 Å². The summed E-state index contributed by atoms with van der Waals surface area (Å²) >= 11 is 0. The maximum Gasteiger partial charge on any atom is 0.513 e. The number of sulfonamides is 1. The predicted octanol–water partition coefficient (Wildman–Crippen LogP) is 5.09. The molecule has 0 heterocycles. The zero-order valence-electron chi connectivity index (χ0n) is 17.3. The highest BCUT2D eigenvalue weighted by atomic mass is 35.7. The molecule has 0 saturated heterocycles. The number of fused-ring (bicyclic) bond motifs is 1. The summed E-state index contributed by atoms with van der Waals surface area (Å²) in [5.74, 6) is 0.120. The van der Waals surface area contributed by atoms with Crippen LogP contribution < -0.4 is 9.46 Å². The first-order valence-electron chi connectivity index (χ1n) is 9.32. The first-order valence-corrected chi connectivity index (χ1v) is 13.5. The molecule has 0 saturated carbocycles. The predicted molar refractivity (Wildman–Crippen MR) is 124 cm³/mol. The minimum absolute atomic E-state index is 0.112. The number of azo groups is 1. The Morgan fingerprint density at radius 3 is 2.42 bits per heavy atom. The fourth-order valence-corrected chi connectivity index (χ4v) is 4.22. The van der Waals surface area contributed by atoms with E-state index < -0.39 is 25.2 Å². The molecule has 0 aromatic heterocycles. The maximum atomic E-state index is 11.9. The number of carbonyl (C=O) groups excluding carboxylic acids is 1. The van der Waals surface area contributed by atoms with Crippen LogP contribution in [0.25, 0.3) is 10.8 Å². The summed E-state index contributed by atoms with van der Waals surface area (Å²) in [6, 6.07) is 13.1. The number of rotatable bonds is 7. The molecule has 0 radical (unpaired) electrons. The SMILES string of the molecule is CCOC(=O)Oc1ccc(/N=N/c2cccc(S(=O)(=O)Cl)c2)c2c(NS(C)(=O)=O)cccc12. The van der Waals surface area contributed by atoms with E-state index in [0.717, 1.165) is 6.26 Å². The molecule has 3 aromatic rings. The van der Waals surface area contributed by atoms with E-state index in [1.165, 1.54) is 42.5 Å². The van der Waals surface area contributed by atoms with Crippen LogP contribution in [-0.4, -0.2) is 35.9 Å². The number of halogens is 1. The first kappa shape index (κ1) is 24.4. The minimum atomic E-state index is -3.96. The van der Waals surface area contributed by atoms with Crippen molar-refractivity contribution in [2.24, 2.45) is 10.2 Å². The lowest BCUT2D eigenvalue weighted by Gasteiger charge is -2.13. The molecular weight excluding hydrogens is 494 g/mol. The molecule has 174 valence electrons. The lowest BCUT2D eigenvalue weighted by Crippen LogP contribution is -2.11. The van der Waals surface area contributed by atoms with Gasteiger partial charge in [0.05, 0.1) is 34.8 Å². The summed E-state index contributed by atoms with van der Waals surface area (Å²) in [7, 11) is -2.24. The van der Waals surface area contributed by atoms with Gasteiger partial charge in [0.25, 0.3) is 9.05 Å². The van der Waals surface area contributed by atoms with E-state index in [1.54, 1.807) is 19.1 Å². The van der Waals surface area contributed by atoms with E-state index in [-0.39, 0.29) is 34.3 Å². The molecule has 13 heteroatoms. The van der Waals surface area contributed by atoms with Crippen molar-refractivity contribution < 1.29 is 31.1 Å². The van der Waals surface area contributed by atoms with Crippen molar-refractivity contribution in [3.05, 3.63) is 54.6 Å². The quantitative estimate of drug-likeness (QED) is 0.201. The van der Waals surface area contributed by atoms with Gasteiger partial charge in [-0.25, -0.2) is 21.6 Å². The Labute approximate surface area is 194 Å². The van der Waals surface area contributed by atoms with E-state index in [1.807, 2.05) is 0 Å². The van der Waals surface area contributed by atoms with Crippen LogP contribution in [-0.2, 0) is 23.8 Å². The van der Waals surface area contributed by atoms with Gasteiger partial charge in [-0.1, -0.05) is 18.2 Å². The largest absolute Gasteiger partial charge is 0.513 e. The molecule has 0 aliphatic carbocycles. The standard InChI is InChI=1S/C20H18ClN3O7S2/c1-3-30-20(25)31-18-11-10-16(19-15(18)8-5-9-17(19)24-32(2,26)27)23-22-13-6-4-7-14(12-13)33(21,28)29/h4-12,24H,3H2,1-2H3/b23-22+. The second-order valence-electron chi connectivity index (χ2n) is 6.61. The monoisotopic (exact) mass is 511 g/mol. The summed E-state index contributed by atoms with van der Waals surface area (Å²) in [4.78, 5) is 11.7. The molecule has 0 amide bonds. The van der Waals surface area contributed by atoms with Crippen molar-refractivity contribution in [3.63, 3.8) is 0 Å². The Balaban J connectivity index is 2.15. The van der Waals surface area contributed by atoms with Gasteiger partial charge in [-0.2, -0.15) is 5.11 Å². The van der Waals surface area contributed by atoms with Crippen LogP contribution in [0.5, 0.6) is 5.75 Å². The zero-order chi connectivity index (χ0) is 24.2. The Morgan fingerprint density at radius 1 is 1.03 bits per heavy atom. The Bertz CT molecular complexity index is 1460. The molecule has 10 nitrogen and oxygen atoms in total. The lowest BCUT2D eigenvalue weighted by atomic mass is 10.1. The lowest BCUT2D eigenvalue weighted by molar-refractivity contribution is 0.105. The summed E-state index contributed by atoms with van der Waals surface area (Å²) in [5.41, 5.74) is 0.604. The molecule has 33 heavy (non-hydrogen) atoms. The molecular formula is C20H18ClN3O7S2. The third kappa shape index (κ3) is 6.40. The number of ether oxygens (including phenoxy) is 2. The minimum Gasteiger partial charge on any atom is -0.434 e. The third-order valence-corrected chi connectivity index (χ3v) is 6.04. The van der Waals surface area contributed by atoms with Crippen LogP contribution >= 0.6 is 10.7 Å². The van der Waals surface area contributed by atoms with Gasteiger partial charge < -0.3 is 9.47 Å². The molecule has 0 aliphatic rings. The number of benzene rings is 3. The van der Waals surface area contributed by atoms with Crippen molar-refractivity contribution in [2.45, 2.75) is 11.8 Å². The van der Waals surface area contributed by atoms with Crippen LogP contribution in [0.4, 0.5) is 21.9 Å². The van der Waals surface area contributed by atoms with Crippen molar-refractivity contribution in [3.8, 4) is 5.75 Å². The van der Waals surface area contributed by atoms with E-state index in [2.05, 4.69) is 15.0 Å². The number of hydrogen-bond acceptors (Lipinski definition) is 9. The summed E-state index contributed by atoms with van der Waals surface area (Å²) in [5, 5.41) is 8.87. The summed E-state index contributed by atoms with van der Waals surface area (Å²) < 4.78 is 59.3. The molecule has 0 spiro atoms. The van der Waals surface area contributed by atoms with Crippen LogP contribution in [0.1, 0.15) is 6.92 Å². The van der Waals surface area contributed by atoms with Gasteiger partial charge in [0, 0.05) is 21.5 Å². The highest BCUT2D eigenvalue weighted by Gasteiger charge is 2.16. The van der Waals surface area contributed by atoms with Gasteiger partial charge in [0.2, 0.25) is 10.0 Å². The van der Waals surface area contributed by atoms with E-state index in [0.29, 0.717) is 10.8 Å². The topological polar surface area (TPSA) is 141 Å². The average Bonchev–Trinajstić information content (AvgIpc) is 2.72. The molecule has 0 aliphatic heterocycles. The van der Waals surface area contributed by atoms with Crippen LogP contribution in [0.15, 0.2) is 69.7 Å². The number of nitrogens with zero attached hydrogens (tertiary/aromatic N) is 2. The maximum absolute atomic E-state index is 11.9. The number of carbonyl (C=O) groups is 1. The van der Waals surface area contributed by atoms with Crippen molar-refractivity contribution in [2.75, 3.05) is 17.6 Å². The second kappa shape index (κ2) is 9.73. The number of anilines is 1. The van der Waals surface area contributed by atoms with Gasteiger partial charge in [-0.3, -0.25) is 4.72 Å². The average molecular weight is 512 g/mol. The highest BCUT2D eigenvalue weighted by molar-refractivity contribution is 8.13. The van der Waals surface area contributed by atoms with E-state index in [9.17, 15) is 21.6 Å². The van der Waals surface area contributed by atoms with E-state index in [4.69, 9.17) is 20.2 Å². The Morgan fingerprint density at radius 2 is 1.76 bits per heavy atom.